The van der Waals surface area contributed by atoms with Gasteiger partial charge in [0.2, 0.25) is 0 Å². The maximum atomic E-state index is 13.8. The summed E-state index contributed by atoms with van der Waals surface area (Å²) in [4.78, 5) is 33.4. The van der Waals surface area contributed by atoms with Crippen LogP contribution in [-0.4, -0.2) is 61.7 Å². The van der Waals surface area contributed by atoms with Crippen molar-refractivity contribution in [3.8, 4) is 28.4 Å². The molecule has 2 bridgehead atoms. The Bertz CT molecular complexity index is 2160. The third-order valence-electron chi connectivity index (χ3n) is 11.1. The molecule has 1 unspecified atom stereocenters. The highest BCUT2D eigenvalue weighted by Gasteiger charge is 2.47. The lowest BCUT2D eigenvalue weighted by Gasteiger charge is -2.27. The molecule has 3 fully saturated rings. The van der Waals surface area contributed by atoms with Gasteiger partial charge in [0.05, 0.1) is 23.8 Å². The summed E-state index contributed by atoms with van der Waals surface area (Å²) in [7, 11) is 3.64. The molecule has 2 saturated carbocycles. The van der Waals surface area contributed by atoms with Gasteiger partial charge in [-0.05, 0) is 80.3 Å². The van der Waals surface area contributed by atoms with E-state index in [0.717, 1.165) is 58.5 Å². The number of likely N-dealkylation sites (tertiary alicyclic amines) is 1. The van der Waals surface area contributed by atoms with Gasteiger partial charge in [0.15, 0.2) is 11.4 Å². The fourth-order valence-electron chi connectivity index (χ4n) is 8.35. The van der Waals surface area contributed by atoms with E-state index in [2.05, 4.69) is 32.7 Å². The number of fused-ring (bicyclic) bond motifs is 5. The van der Waals surface area contributed by atoms with Crippen LogP contribution in [-0.2, 0) is 24.0 Å². The molecule has 4 heterocycles. The van der Waals surface area contributed by atoms with Crippen molar-refractivity contribution in [3.63, 3.8) is 0 Å². The number of nitrogens with one attached hydrogen (secondary N) is 1. The topological polar surface area (TPSA) is 128 Å². The van der Waals surface area contributed by atoms with E-state index in [-0.39, 0.29) is 18.0 Å². The summed E-state index contributed by atoms with van der Waals surface area (Å²) in [5.41, 5.74) is 12.2. The molecule has 10 heteroatoms. The largest absolute Gasteiger partial charge is 0.494 e. The lowest BCUT2D eigenvalue weighted by Crippen LogP contribution is -2.41. The molecule has 3 aromatic carbocycles. The Kier molecular flexibility index (Phi) is 6.02. The third-order valence-corrected chi connectivity index (χ3v) is 11.1. The first kappa shape index (κ1) is 28.5. The number of amides is 2. The first-order chi connectivity index (χ1) is 22.6. The van der Waals surface area contributed by atoms with Crippen LogP contribution in [0.2, 0.25) is 0 Å². The van der Waals surface area contributed by atoms with Crippen molar-refractivity contribution in [2.75, 3.05) is 19.0 Å². The van der Waals surface area contributed by atoms with Gasteiger partial charge in [0.25, 0.3) is 11.8 Å². The van der Waals surface area contributed by atoms with Gasteiger partial charge in [-0.1, -0.05) is 24.3 Å². The first-order valence-corrected chi connectivity index (χ1v) is 16.6. The van der Waals surface area contributed by atoms with E-state index in [1.54, 1.807) is 7.11 Å². The molecular weight excluding hydrogens is 592 g/mol. The van der Waals surface area contributed by atoms with Crippen LogP contribution >= 0.6 is 0 Å². The highest BCUT2D eigenvalue weighted by molar-refractivity contribution is 6.06. The molecule has 4 atom stereocenters. The normalized spacial score (nSPS) is 24.8. The maximum Gasteiger partial charge on any atom is 0.260 e. The van der Waals surface area contributed by atoms with Gasteiger partial charge in [-0.3, -0.25) is 9.59 Å². The Morgan fingerprint density at radius 3 is 2.66 bits per heavy atom. The molecule has 47 heavy (non-hydrogen) atoms. The number of piperidine rings is 1. The Morgan fingerprint density at radius 2 is 1.94 bits per heavy atom. The van der Waals surface area contributed by atoms with Crippen molar-refractivity contribution in [1.82, 2.24) is 19.0 Å². The number of aryl methyl sites for hydroxylation is 1. The van der Waals surface area contributed by atoms with Crippen molar-refractivity contribution in [3.05, 3.63) is 65.7 Å². The summed E-state index contributed by atoms with van der Waals surface area (Å²) < 4.78 is 10.3. The molecule has 1 saturated heterocycles. The fourth-order valence-corrected chi connectivity index (χ4v) is 8.35. The summed E-state index contributed by atoms with van der Waals surface area (Å²) in [6, 6.07) is 18.1. The summed E-state index contributed by atoms with van der Waals surface area (Å²) in [5, 5.41) is 14.8. The number of rotatable bonds is 6. The maximum absolute atomic E-state index is 13.8. The highest BCUT2D eigenvalue weighted by Crippen LogP contribution is 2.44. The van der Waals surface area contributed by atoms with Crippen LogP contribution in [0.3, 0.4) is 0 Å². The number of ether oxygens (including phenoxy) is 1. The molecule has 4 N–H and O–H groups in total. The summed E-state index contributed by atoms with van der Waals surface area (Å²) in [6.45, 7) is 3.09. The third kappa shape index (κ3) is 4.14. The van der Waals surface area contributed by atoms with Gasteiger partial charge in [0.1, 0.15) is 11.3 Å². The summed E-state index contributed by atoms with van der Waals surface area (Å²) >= 11 is 0. The second-order valence-electron chi connectivity index (χ2n) is 14.1. The molecule has 5 aromatic rings. The van der Waals surface area contributed by atoms with E-state index >= 15 is 0 Å². The number of anilines is 1. The van der Waals surface area contributed by atoms with E-state index < -0.39 is 11.5 Å². The minimum absolute atomic E-state index is 0.0160. The number of hydrogen-bond donors (Lipinski definition) is 3. The Balaban J connectivity index is 1.19. The number of para-hydroxylation sites is 1. The molecule has 9 rings (SSSR count). The molecule has 2 aliphatic carbocycles. The monoisotopic (exact) mass is 630 g/mol. The number of nitrogens with zero attached hydrogens (tertiary/aromatic N) is 4. The van der Waals surface area contributed by atoms with Crippen LogP contribution in [0.25, 0.3) is 44.6 Å². The van der Waals surface area contributed by atoms with Gasteiger partial charge in [-0.25, -0.2) is 4.98 Å². The molecular formula is C37H38N6O4. The Hall–Kier alpha value is -4.67. The molecule has 0 spiro atoms. The molecule has 10 nitrogen and oxygen atoms in total. The number of methoxy groups -OCH3 is 1. The molecule has 2 amide bonds. The van der Waals surface area contributed by atoms with Crippen LogP contribution in [0.5, 0.6) is 5.75 Å². The average Bonchev–Trinajstić information content (AvgIpc) is 3.31. The van der Waals surface area contributed by atoms with Crippen LogP contribution in [0.4, 0.5) is 5.69 Å². The van der Waals surface area contributed by atoms with Crippen molar-refractivity contribution < 1.29 is 19.4 Å². The molecule has 240 valence electrons. The van der Waals surface area contributed by atoms with Crippen LogP contribution < -0.4 is 15.8 Å². The van der Waals surface area contributed by atoms with E-state index in [1.807, 2.05) is 48.3 Å². The van der Waals surface area contributed by atoms with Crippen LogP contribution in [0.1, 0.15) is 48.5 Å². The van der Waals surface area contributed by atoms with Crippen molar-refractivity contribution >= 4 is 39.4 Å². The second kappa shape index (κ2) is 9.92. The van der Waals surface area contributed by atoms with Gasteiger partial charge < -0.3 is 34.9 Å². The fraction of sp³-hybridized carbons (Fsp3) is 0.378. The summed E-state index contributed by atoms with van der Waals surface area (Å²) in [6.07, 6.45) is 4.40. The van der Waals surface area contributed by atoms with E-state index in [9.17, 15) is 14.7 Å². The number of carbonyl (C=O) groups excluding carboxylic acids is 2. The van der Waals surface area contributed by atoms with Gasteiger partial charge >= 0.3 is 0 Å². The number of carbonyl (C=O) groups is 2. The smallest absolute Gasteiger partial charge is 0.260 e. The van der Waals surface area contributed by atoms with Crippen LogP contribution in [0, 0.1) is 11.8 Å². The molecule has 2 aliphatic heterocycles. The predicted octanol–water partition coefficient (Wildman–Crippen LogP) is 5.00. The lowest BCUT2D eigenvalue weighted by atomic mass is 9.93. The van der Waals surface area contributed by atoms with E-state index in [0.29, 0.717) is 46.5 Å². The molecule has 2 aromatic heterocycles. The number of imidazole rings is 1. The lowest BCUT2D eigenvalue weighted by molar-refractivity contribution is -0.131. The Labute approximate surface area is 272 Å². The number of aliphatic hydroxyl groups is 1. The number of benzene rings is 3. The first-order valence-electron chi connectivity index (χ1n) is 16.6. The van der Waals surface area contributed by atoms with Crippen molar-refractivity contribution in [2.45, 2.75) is 56.8 Å². The predicted molar refractivity (Wildman–Crippen MR) is 180 cm³/mol. The standard InChI is InChI=1S/C37H38N6O4/c1-37(46)25-13-20(9-11-26(25)40-36(37)45)24-6-4-5-21-15-29(42(32(21)24)17-19-7-8-19)34-39-27-14-23(16-30(47-3)33(27)41(34)2)35(44)43-18-22-10-12-28(43)31(22)38/h4-6,9,11,13-16,19,22,28,31,46H,7-8,10,12,17-18,38H2,1-3H3,(H,40,45)/t22-,28-,31-,37?/m1/s1. The average molecular weight is 631 g/mol. The van der Waals surface area contributed by atoms with Crippen LogP contribution in [0.15, 0.2) is 54.6 Å². The number of nitrogens with two attached hydrogens (primary N) is 1. The highest BCUT2D eigenvalue weighted by atomic mass is 16.5. The van der Waals surface area contributed by atoms with Crippen molar-refractivity contribution in [1.29, 1.82) is 0 Å². The van der Waals surface area contributed by atoms with Gasteiger partial charge in [0, 0.05) is 60.0 Å². The number of aromatic nitrogens is 3. The minimum atomic E-state index is -1.59. The quantitative estimate of drug-likeness (QED) is 0.242. The summed E-state index contributed by atoms with van der Waals surface area (Å²) in [5.74, 6) is 1.92. The van der Waals surface area contributed by atoms with E-state index in [4.69, 9.17) is 15.5 Å². The number of hydrogen-bond acceptors (Lipinski definition) is 6. The zero-order valence-corrected chi connectivity index (χ0v) is 26.8. The Morgan fingerprint density at radius 1 is 1.11 bits per heavy atom. The molecule has 4 aliphatic rings. The second-order valence-corrected chi connectivity index (χ2v) is 14.1. The van der Waals surface area contributed by atoms with E-state index in [1.165, 1.54) is 19.8 Å². The SMILES string of the molecule is COc1cc(C(=O)N2C[C@H]3CC[C@@H]2[C@@H]3N)cc2nc(-c3cc4cccc(-c5ccc6c(c5)C(C)(O)C(=O)N6)c4n3CC3CC3)n(C)c12. The zero-order valence-electron chi connectivity index (χ0n) is 26.8. The zero-order chi connectivity index (χ0) is 32.4. The van der Waals surface area contributed by atoms with Gasteiger partial charge in [-0.2, -0.15) is 0 Å². The van der Waals surface area contributed by atoms with Crippen molar-refractivity contribution in [2.24, 2.45) is 24.6 Å². The minimum Gasteiger partial charge on any atom is -0.494 e. The molecule has 0 radical (unpaired) electrons. The van der Waals surface area contributed by atoms with Gasteiger partial charge in [-0.15, -0.1) is 0 Å².